The third kappa shape index (κ3) is 4.40. The van der Waals surface area contributed by atoms with Crippen molar-refractivity contribution in [2.24, 2.45) is 0 Å². The molecule has 0 radical (unpaired) electrons. The minimum atomic E-state index is -0.356. The highest BCUT2D eigenvalue weighted by molar-refractivity contribution is 5.95. The Morgan fingerprint density at radius 3 is 2.71 bits per heavy atom. The van der Waals surface area contributed by atoms with Gasteiger partial charge in [-0.3, -0.25) is 9.69 Å². The molecule has 1 fully saturated rings. The monoisotopic (exact) mass is 381 g/mol. The van der Waals surface area contributed by atoms with E-state index in [0.717, 1.165) is 56.0 Å². The fourth-order valence-electron chi connectivity index (χ4n) is 3.57. The van der Waals surface area contributed by atoms with E-state index < -0.39 is 0 Å². The van der Waals surface area contributed by atoms with Crippen molar-refractivity contribution in [3.05, 3.63) is 66.1 Å². The lowest BCUT2D eigenvalue weighted by molar-refractivity contribution is -0.115. The summed E-state index contributed by atoms with van der Waals surface area (Å²) in [5.74, 6) is -0.582. The van der Waals surface area contributed by atoms with Gasteiger partial charge in [-0.1, -0.05) is 18.2 Å². The maximum absolute atomic E-state index is 13.7. The topological polar surface area (TPSA) is 46.5 Å². The Morgan fingerprint density at radius 2 is 1.89 bits per heavy atom. The number of carbonyl (C=O) groups is 1. The molecule has 146 valence electrons. The van der Waals surface area contributed by atoms with Gasteiger partial charge in [0, 0.05) is 49.0 Å². The van der Waals surface area contributed by atoms with Gasteiger partial charge in [0.25, 0.3) is 0 Å². The van der Waals surface area contributed by atoms with Crippen LogP contribution < -0.4 is 5.32 Å². The molecule has 0 saturated carbocycles. The number of rotatable bonds is 6. The van der Waals surface area contributed by atoms with E-state index in [-0.39, 0.29) is 18.1 Å². The molecule has 1 aromatic heterocycles. The SMILES string of the molecule is O=C(Cc1ccccc1F)Nc1ccc2c(ccn2CCN2CCOCC2)c1. The molecule has 0 spiro atoms. The summed E-state index contributed by atoms with van der Waals surface area (Å²) in [7, 11) is 0. The number of ether oxygens (including phenoxy) is 1. The van der Waals surface area contributed by atoms with Gasteiger partial charge in [0.05, 0.1) is 19.6 Å². The molecule has 6 heteroatoms. The van der Waals surface area contributed by atoms with E-state index in [2.05, 4.69) is 27.0 Å². The molecule has 0 unspecified atom stereocenters. The second-order valence-corrected chi connectivity index (χ2v) is 7.05. The highest BCUT2D eigenvalue weighted by Gasteiger charge is 2.12. The van der Waals surface area contributed by atoms with Crippen molar-refractivity contribution in [3.8, 4) is 0 Å². The van der Waals surface area contributed by atoms with Gasteiger partial charge in [0.2, 0.25) is 5.91 Å². The van der Waals surface area contributed by atoms with E-state index >= 15 is 0 Å². The Hall–Kier alpha value is -2.70. The van der Waals surface area contributed by atoms with Crippen LogP contribution in [-0.4, -0.2) is 48.2 Å². The highest BCUT2D eigenvalue weighted by Crippen LogP contribution is 2.21. The van der Waals surface area contributed by atoms with E-state index in [1.54, 1.807) is 18.2 Å². The molecule has 0 atom stereocenters. The standard InChI is InChI=1S/C22H24FN3O2/c23-20-4-2-1-3-17(20)16-22(27)24-19-5-6-21-18(15-19)7-8-26(21)10-9-25-11-13-28-14-12-25/h1-8,15H,9-14,16H2,(H,24,27). The van der Waals surface area contributed by atoms with Gasteiger partial charge in [-0.05, 0) is 35.9 Å². The van der Waals surface area contributed by atoms with Crippen LogP contribution in [0.5, 0.6) is 0 Å². The predicted molar refractivity (Wildman–Crippen MR) is 108 cm³/mol. The van der Waals surface area contributed by atoms with Crippen molar-refractivity contribution in [1.82, 2.24) is 9.47 Å². The average molecular weight is 381 g/mol. The van der Waals surface area contributed by atoms with Crippen molar-refractivity contribution in [2.75, 3.05) is 38.2 Å². The Balaban J connectivity index is 1.39. The molecule has 1 N–H and O–H groups in total. The number of nitrogens with zero attached hydrogens (tertiary/aromatic N) is 2. The molecule has 0 bridgehead atoms. The van der Waals surface area contributed by atoms with Gasteiger partial charge < -0.3 is 14.6 Å². The van der Waals surface area contributed by atoms with E-state index in [4.69, 9.17) is 4.74 Å². The molecule has 5 nitrogen and oxygen atoms in total. The first-order valence-corrected chi connectivity index (χ1v) is 9.61. The van der Waals surface area contributed by atoms with Gasteiger partial charge in [0.1, 0.15) is 5.82 Å². The maximum Gasteiger partial charge on any atom is 0.228 e. The summed E-state index contributed by atoms with van der Waals surface area (Å²) in [6.07, 6.45) is 2.10. The lowest BCUT2D eigenvalue weighted by Crippen LogP contribution is -2.38. The van der Waals surface area contributed by atoms with E-state index in [0.29, 0.717) is 5.56 Å². The number of aromatic nitrogens is 1. The third-order valence-corrected chi connectivity index (χ3v) is 5.12. The van der Waals surface area contributed by atoms with Crippen LogP contribution in [0.15, 0.2) is 54.7 Å². The number of hydrogen-bond donors (Lipinski definition) is 1. The van der Waals surface area contributed by atoms with E-state index in [1.807, 2.05) is 18.2 Å². The minimum Gasteiger partial charge on any atom is -0.379 e. The van der Waals surface area contributed by atoms with Crippen LogP contribution in [0, 0.1) is 5.82 Å². The number of morpholine rings is 1. The van der Waals surface area contributed by atoms with Crippen LogP contribution >= 0.6 is 0 Å². The molecular weight excluding hydrogens is 357 g/mol. The minimum absolute atomic E-state index is 0.0191. The molecule has 0 aliphatic carbocycles. The second-order valence-electron chi connectivity index (χ2n) is 7.05. The first-order chi connectivity index (χ1) is 13.7. The summed E-state index contributed by atoms with van der Waals surface area (Å²) in [4.78, 5) is 14.7. The molecule has 1 aliphatic heterocycles. The number of benzene rings is 2. The summed E-state index contributed by atoms with van der Waals surface area (Å²) in [6.45, 7) is 5.50. The number of carbonyl (C=O) groups excluding carboxylic acids is 1. The number of hydrogen-bond acceptors (Lipinski definition) is 3. The summed E-state index contributed by atoms with van der Waals surface area (Å²) >= 11 is 0. The van der Waals surface area contributed by atoms with Gasteiger partial charge in [-0.25, -0.2) is 4.39 Å². The van der Waals surface area contributed by atoms with Crippen LogP contribution in [0.25, 0.3) is 10.9 Å². The second kappa shape index (κ2) is 8.54. The van der Waals surface area contributed by atoms with Crippen molar-refractivity contribution in [2.45, 2.75) is 13.0 Å². The molecule has 28 heavy (non-hydrogen) atoms. The smallest absolute Gasteiger partial charge is 0.228 e. The number of anilines is 1. The fraction of sp³-hybridized carbons (Fsp3) is 0.318. The van der Waals surface area contributed by atoms with Gasteiger partial charge in [0.15, 0.2) is 0 Å². The zero-order valence-electron chi connectivity index (χ0n) is 15.7. The number of fused-ring (bicyclic) bond motifs is 1. The first kappa shape index (κ1) is 18.7. The number of nitrogens with one attached hydrogen (secondary N) is 1. The van der Waals surface area contributed by atoms with Gasteiger partial charge >= 0.3 is 0 Å². The normalized spacial score (nSPS) is 15.0. The molecule has 1 aliphatic rings. The van der Waals surface area contributed by atoms with Crippen molar-refractivity contribution in [1.29, 1.82) is 0 Å². The third-order valence-electron chi connectivity index (χ3n) is 5.12. The predicted octanol–water partition coefficient (Wildman–Crippen LogP) is 3.29. The maximum atomic E-state index is 13.7. The zero-order valence-corrected chi connectivity index (χ0v) is 15.7. The summed E-state index contributed by atoms with van der Waals surface area (Å²) in [5, 5.41) is 3.94. The molecule has 2 heterocycles. The molecule has 2 aromatic carbocycles. The summed E-state index contributed by atoms with van der Waals surface area (Å²) in [5.41, 5.74) is 2.26. The number of halogens is 1. The molecule has 4 rings (SSSR count). The average Bonchev–Trinajstić information content (AvgIpc) is 3.11. The molecular formula is C22H24FN3O2. The quantitative estimate of drug-likeness (QED) is 0.713. The molecule has 1 amide bonds. The Labute approximate surface area is 163 Å². The molecule has 3 aromatic rings. The lowest BCUT2D eigenvalue weighted by atomic mass is 10.1. The highest BCUT2D eigenvalue weighted by atomic mass is 19.1. The molecule has 1 saturated heterocycles. The first-order valence-electron chi connectivity index (χ1n) is 9.61. The Bertz CT molecular complexity index is 963. The lowest BCUT2D eigenvalue weighted by Gasteiger charge is -2.26. The largest absolute Gasteiger partial charge is 0.379 e. The Morgan fingerprint density at radius 1 is 1.07 bits per heavy atom. The van der Waals surface area contributed by atoms with Crippen molar-refractivity contribution >= 4 is 22.5 Å². The van der Waals surface area contributed by atoms with Crippen LogP contribution in [0.4, 0.5) is 10.1 Å². The Kier molecular flexibility index (Phi) is 5.69. The van der Waals surface area contributed by atoms with Crippen molar-refractivity contribution in [3.63, 3.8) is 0 Å². The van der Waals surface area contributed by atoms with Crippen LogP contribution in [0.2, 0.25) is 0 Å². The van der Waals surface area contributed by atoms with Crippen molar-refractivity contribution < 1.29 is 13.9 Å². The van der Waals surface area contributed by atoms with Crippen LogP contribution in [0.3, 0.4) is 0 Å². The van der Waals surface area contributed by atoms with E-state index in [9.17, 15) is 9.18 Å². The number of amides is 1. The summed E-state index contributed by atoms with van der Waals surface area (Å²) in [6, 6.07) is 14.3. The van der Waals surface area contributed by atoms with Crippen LogP contribution in [0.1, 0.15) is 5.56 Å². The van der Waals surface area contributed by atoms with E-state index in [1.165, 1.54) is 6.07 Å². The van der Waals surface area contributed by atoms with Gasteiger partial charge in [-0.2, -0.15) is 0 Å². The van der Waals surface area contributed by atoms with Crippen LogP contribution in [-0.2, 0) is 22.5 Å². The summed E-state index contributed by atoms with van der Waals surface area (Å²) < 4.78 is 21.3. The fourth-order valence-corrected chi connectivity index (χ4v) is 3.57. The van der Waals surface area contributed by atoms with Gasteiger partial charge in [-0.15, -0.1) is 0 Å². The zero-order chi connectivity index (χ0) is 19.3.